The molecule has 1 amide bonds. The molecule has 104 valence electrons. The van der Waals surface area contributed by atoms with Gasteiger partial charge in [-0.2, -0.15) is 0 Å². The van der Waals surface area contributed by atoms with E-state index in [-0.39, 0.29) is 5.91 Å². The minimum absolute atomic E-state index is 0.0304. The van der Waals surface area contributed by atoms with Crippen molar-refractivity contribution in [2.24, 2.45) is 5.84 Å². The van der Waals surface area contributed by atoms with Crippen LogP contribution in [0.5, 0.6) is 0 Å². The first kappa shape index (κ1) is 13.8. The Morgan fingerprint density at radius 2 is 2.00 bits per heavy atom. The lowest BCUT2D eigenvalue weighted by molar-refractivity contribution is 0.0414. The number of carbonyl (C=O) groups is 1. The van der Waals surface area contributed by atoms with Crippen molar-refractivity contribution in [1.82, 2.24) is 14.8 Å². The Kier molecular flexibility index (Phi) is 4.01. The van der Waals surface area contributed by atoms with E-state index in [9.17, 15) is 4.79 Å². The van der Waals surface area contributed by atoms with E-state index in [1.807, 2.05) is 4.90 Å². The number of hydrogen-bond acceptors (Lipinski definition) is 5. The van der Waals surface area contributed by atoms with Gasteiger partial charge in [0.05, 0.1) is 5.56 Å². The number of anilines is 1. The molecule has 2 rings (SSSR count). The Morgan fingerprint density at radius 3 is 2.47 bits per heavy atom. The van der Waals surface area contributed by atoms with Crippen LogP contribution >= 0.6 is 0 Å². The quantitative estimate of drug-likeness (QED) is 0.601. The molecule has 0 spiro atoms. The van der Waals surface area contributed by atoms with Crippen molar-refractivity contribution in [2.45, 2.75) is 25.9 Å². The molecule has 2 heterocycles. The summed E-state index contributed by atoms with van der Waals surface area (Å²) in [4.78, 5) is 20.7. The molecule has 1 aliphatic heterocycles. The smallest absolute Gasteiger partial charge is 0.255 e. The average Bonchev–Trinajstić information content (AvgIpc) is 2.43. The van der Waals surface area contributed by atoms with Crippen LogP contribution in [-0.2, 0) is 0 Å². The third kappa shape index (κ3) is 2.85. The molecule has 0 radical (unpaired) electrons. The van der Waals surface area contributed by atoms with Crippen LogP contribution in [-0.4, -0.2) is 52.9 Å². The van der Waals surface area contributed by atoms with E-state index in [0.717, 1.165) is 13.1 Å². The summed E-state index contributed by atoms with van der Waals surface area (Å²) in [6.07, 6.45) is 1.56. The van der Waals surface area contributed by atoms with Crippen LogP contribution in [0.15, 0.2) is 18.3 Å². The Balaban J connectivity index is 2.10. The molecule has 6 heteroatoms. The maximum Gasteiger partial charge on any atom is 0.255 e. The monoisotopic (exact) mass is 263 g/mol. The lowest BCUT2D eigenvalue weighted by Gasteiger charge is -2.42. The van der Waals surface area contributed by atoms with Crippen LogP contribution < -0.4 is 11.3 Å². The van der Waals surface area contributed by atoms with Gasteiger partial charge >= 0.3 is 0 Å². The SMILES string of the molecule is CC1CN(C(=O)c2ccc(NN)nc2)CC(C)N1C. The fraction of sp³-hybridized carbons (Fsp3) is 0.538. The lowest BCUT2D eigenvalue weighted by atomic mass is 10.1. The topological polar surface area (TPSA) is 74.5 Å². The van der Waals surface area contributed by atoms with Gasteiger partial charge in [-0.25, -0.2) is 10.8 Å². The number of hydrazine groups is 1. The predicted molar refractivity (Wildman–Crippen MR) is 74.6 cm³/mol. The zero-order chi connectivity index (χ0) is 14.0. The molecule has 1 aliphatic rings. The zero-order valence-corrected chi connectivity index (χ0v) is 11.6. The highest BCUT2D eigenvalue weighted by Crippen LogP contribution is 2.16. The van der Waals surface area contributed by atoms with Crippen molar-refractivity contribution in [2.75, 3.05) is 25.6 Å². The maximum atomic E-state index is 12.4. The summed E-state index contributed by atoms with van der Waals surface area (Å²) < 4.78 is 0. The molecule has 3 N–H and O–H groups in total. The second-order valence-electron chi connectivity index (χ2n) is 5.15. The molecule has 0 aromatic carbocycles. The number of rotatable bonds is 2. The Morgan fingerprint density at radius 1 is 1.37 bits per heavy atom. The van der Waals surface area contributed by atoms with Crippen LogP contribution in [0, 0.1) is 0 Å². The van der Waals surface area contributed by atoms with E-state index in [1.165, 1.54) is 0 Å². The van der Waals surface area contributed by atoms with Crippen LogP contribution in [0.25, 0.3) is 0 Å². The van der Waals surface area contributed by atoms with Gasteiger partial charge in [0.25, 0.3) is 5.91 Å². The van der Waals surface area contributed by atoms with E-state index < -0.39 is 0 Å². The van der Waals surface area contributed by atoms with Gasteiger partial charge in [0.2, 0.25) is 0 Å². The number of likely N-dealkylation sites (N-methyl/N-ethyl adjacent to an activating group) is 1. The van der Waals surface area contributed by atoms with E-state index in [0.29, 0.717) is 23.5 Å². The van der Waals surface area contributed by atoms with Crippen molar-refractivity contribution >= 4 is 11.7 Å². The number of amides is 1. The predicted octanol–water partition coefficient (Wildman–Crippen LogP) is 0.532. The van der Waals surface area contributed by atoms with Gasteiger partial charge in [0.15, 0.2) is 0 Å². The van der Waals surface area contributed by atoms with Gasteiger partial charge in [0.1, 0.15) is 5.82 Å². The van der Waals surface area contributed by atoms with Crippen molar-refractivity contribution in [3.8, 4) is 0 Å². The van der Waals surface area contributed by atoms with Crippen LogP contribution in [0.3, 0.4) is 0 Å². The highest BCUT2D eigenvalue weighted by Gasteiger charge is 2.29. The third-order valence-corrected chi connectivity index (χ3v) is 3.81. The Labute approximate surface area is 113 Å². The number of piperazine rings is 1. The minimum atomic E-state index is 0.0304. The summed E-state index contributed by atoms with van der Waals surface area (Å²) in [5.74, 6) is 5.84. The third-order valence-electron chi connectivity index (χ3n) is 3.81. The first-order valence-electron chi connectivity index (χ1n) is 6.46. The molecule has 1 saturated heterocycles. The number of nitrogens with one attached hydrogen (secondary N) is 1. The molecule has 6 nitrogen and oxygen atoms in total. The molecule has 1 aromatic heterocycles. The number of nitrogens with two attached hydrogens (primary N) is 1. The molecule has 19 heavy (non-hydrogen) atoms. The zero-order valence-electron chi connectivity index (χ0n) is 11.6. The number of hydrogen-bond donors (Lipinski definition) is 2. The van der Waals surface area contributed by atoms with Gasteiger partial charge < -0.3 is 10.3 Å². The van der Waals surface area contributed by atoms with Gasteiger partial charge in [-0.1, -0.05) is 0 Å². The Bertz CT molecular complexity index is 435. The Hall–Kier alpha value is -1.66. The summed E-state index contributed by atoms with van der Waals surface area (Å²) >= 11 is 0. The second kappa shape index (κ2) is 5.54. The number of aromatic nitrogens is 1. The minimum Gasteiger partial charge on any atom is -0.335 e. The van der Waals surface area contributed by atoms with Gasteiger partial charge in [-0.15, -0.1) is 0 Å². The summed E-state index contributed by atoms with van der Waals surface area (Å²) in [7, 11) is 2.10. The summed E-state index contributed by atoms with van der Waals surface area (Å²) in [5.41, 5.74) is 3.05. The van der Waals surface area contributed by atoms with Crippen molar-refractivity contribution < 1.29 is 4.79 Å². The number of pyridine rings is 1. The lowest BCUT2D eigenvalue weighted by Crippen LogP contribution is -2.56. The van der Waals surface area contributed by atoms with E-state index in [1.54, 1.807) is 18.3 Å². The molecule has 2 atom stereocenters. The van der Waals surface area contributed by atoms with Gasteiger partial charge in [0, 0.05) is 31.4 Å². The average molecular weight is 263 g/mol. The van der Waals surface area contributed by atoms with Crippen LogP contribution in [0.4, 0.5) is 5.82 Å². The van der Waals surface area contributed by atoms with Crippen molar-refractivity contribution in [3.05, 3.63) is 23.9 Å². The van der Waals surface area contributed by atoms with Crippen molar-refractivity contribution in [3.63, 3.8) is 0 Å². The standard InChI is InChI=1S/C13H21N5O/c1-9-7-18(8-10(2)17(9)3)13(19)11-4-5-12(16-14)15-6-11/h4-6,9-10H,7-8,14H2,1-3H3,(H,15,16). The fourth-order valence-corrected chi connectivity index (χ4v) is 2.36. The van der Waals surface area contributed by atoms with Crippen LogP contribution in [0.2, 0.25) is 0 Å². The normalized spacial score (nSPS) is 24.3. The number of nitrogens with zero attached hydrogens (tertiary/aromatic N) is 3. The molecular weight excluding hydrogens is 242 g/mol. The van der Waals surface area contributed by atoms with E-state index >= 15 is 0 Å². The number of carbonyl (C=O) groups excluding carboxylic acids is 1. The van der Waals surface area contributed by atoms with E-state index in [2.05, 4.69) is 36.2 Å². The molecule has 0 bridgehead atoms. The summed E-state index contributed by atoms with van der Waals surface area (Å²) in [6.45, 7) is 5.76. The molecule has 2 unspecified atom stereocenters. The number of nitrogen functional groups attached to an aromatic ring is 1. The van der Waals surface area contributed by atoms with Crippen LogP contribution in [0.1, 0.15) is 24.2 Å². The first-order chi connectivity index (χ1) is 9.02. The van der Waals surface area contributed by atoms with Crippen molar-refractivity contribution in [1.29, 1.82) is 0 Å². The second-order valence-corrected chi connectivity index (χ2v) is 5.15. The molecule has 1 aromatic rings. The summed E-state index contributed by atoms with van der Waals surface area (Å²) in [5, 5.41) is 0. The van der Waals surface area contributed by atoms with Gasteiger partial charge in [-0.3, -0.25) is 9.69 Å². The largest absolute Gasteiger partial charge is 0.335 e. The summed E-state index contributed by atoms with van der Waals surface area (Å²) in [6, 6.07) is 4.19. The molecular formula is C13H21N5O. The fourth-order valence-electron chi connectivity index (χ4n) is 2.36. The molecule has 0 aliphatic carbocycles. The maximum absolute atomic E-state index is 12.4. The molecule has 1 fully saturated rings. The van der Waals surface area contributed by atoms with E-state index in [4.69, 9.17) is 5.84 Å². The highest BCUT2D eigenvalue weighted by molar-refractivity contribution is 5.94. The molecule has 0 saturated carbocycles. The van der Waals surface area contributed by atoms with Gasteiger partial charge in [-0.05, 0) is 33.0 Å². The first-order valence-corrected chi connectivity index (χ1v) is 6.46. The highest BCUT2D eigenvalue weighted by atomic mass is 16.2.